The summed E-state index contributed by atoms with van der Waals surface area (Å²) in [6, 6.07) is 0. The van der Waals surface area contributed by atoms with Gasteiger partial charge in [0.05, 0.1) is 17.9 Å². The monoisotopic (exact) mass is 422 g/mol. The Balaban J connectivity index is -0.000000130. The molecule has 0 aliphatic heterocycles. The Labute approximate surface area is 173 Å². The predicted octanol–water partition coefficient (Wildman–Crippen LogP) is -0.397. The summed E-state index contributed by atoms with van der Waals surface area (Å²) in [4.78, 5) is 28.9. The summed E-state index contributed by atoms with van der Waals surface area (Å²) >= 11 is 0. The van der Waals surface area contributed by atoms with Gasteiger partial charge in [0.1, 0.15) is 0 Å². The van der Waals surface area contributed by atoms with Crippen LogP contribution in [0.15, 0.2) is 72.9 Å². The molecule has 0 spiro atoms. The van der Waals surface area contributed by atoms with Crippen LogP contribution in [-0.4, -0.2) is 17.9 Å². The molecule has 0 saturated heterocycles. The van der Waals surface area contributed by atoms with E-state index >= 15 is 0 Å². The number of carbonyl (C=O) groups is 3. The number of hydrogen-bond acceptors (Lipinski definition) is 6. The minimum Gasteiger partial charge on any atom is -0.545 e. The van der Waals surface area contributed by atoms with Crippen molar-refractivity contribution in [1.29, 1.82) is 0 Å². The van der Waals surface area contributed by atoms with E-state index in [2.05, 4.69) is 0 Å². The van der Waals surface area contributed by atoms with Crippen molar-refractivity contribution in [2.75, 3.05) is 0 Å². The van der Waals surface area contributed by atoms with Crippen molar-refractivity contribution in [3.63, 3.8) is 0 Å². The van der Waals surface area contributed by atoms with Crippen LogP contribution in [0, 0.1) is 0 Å². The molecule has 0 aromatic heterocycles. The first-order valence-electron chi connectivity index (χ1n) is 6.82. The van der Waals surface area contributed by atoms with E-state index in [0.717, 1.165) is 18.2 Å². The smallest absolute Gasteiger partial charge is 0.545 e. The summed E-state index contributed by atoms with van der Waals surface area (Å²) in [5.74, 6) is -3.49. The van der Waals surface area contributed by atoms with E-state index in [-0.39, 0.29) is 32.7 Å². The number of carbonyl (C=O) groups excluding carboxylic acids is 3. The van der Waals surface area contributed by atoms with Gasteiger partial charge in [0.25, 0.3) is 0 Å². The molecule has 7 heteroatoms. The maximum Gasteiger partial charge on any atom is 3.00 e. The molecule has 0 aliphatic rings. The molecule has 0 unspecified atom stereocenters. The third-order valence-corrected chi connectivity index (χ3v) is 1.61. The van der Waals surface area contributed by atoms with Crippen LogP contribution in [0.2, 0.25) is 0 Å². The van der Waals surface area contributed by atoms with Crippen LogP contribution in [0.4, 0.5) is 0 Å². The number of hydrogen-bond donors (Lipinski definition) is 0. The van der Waals surface area contributed by atoms with Crippen LogP contribution >= 0.6 is 0 Å². The Morgan fingerprint density at radius 1 is 0.520 bits per heavy atom. The van der Waals surface area contributed by atoms with Crippen LogP contribution in [0.1, 0.15) is 20.8 Å². The summed E-state index contributed by atoms with van der Waals surface area (Å²) in [5.41, 5.74) is 0. The van der Waals surface area contributed by atoms with E-state index < -0.39 is 17.9 Å². The molecule has 0 heterocycles. The zero-order valence-corrected chi connectivity index (χ0v) is 17.3. The van der Waals surface area contributed by atoms with Gasteiger partial charge in [0, 0.05) is 0 Å². The Kier molecular flexibility index (Phi) is 33.1. The molecule has 0 N–H and O–H groups in total. The fourth-order valence-corrected chi connectivity index (χ4v) is 0.736. The molecule has 0 atom stereocenters. The second-order valence-electron chi connectivity index (χ2n) is 3.61. The third-order valence-electron chi connectivity index (χ3n) is 1.61. The van der Waals surface area contributed by atoms with Crippen molar-refractivity contribution < 1.29 is 62.4 Å². The van der Waals surface area contributed by atoms with E-state index in [1.807, 2.05) is 0 Å². The van der Waals surface area contributed by atoms with E-state index in [1.54, 1.807) is 57.2 Å². The summed E-state index contributed by atoms with van der Waals surface area (Å²) < 4.78 is 0. The van der Waals surface area contributed by atoms with Gasteiger partial charge in [-0.05, 0) is 39.0 Å². The van der Waals surface area contributed by atoms with Gasteiger partial charge in [0.2, 0.25) is 0 Å². The summed E-state index contributed by atoms with van der Waals surface area (Å²) in [6.45, 7) is 5.42. The van der Waals surface area contributed by atoms with Gasteiger partial charge in [-0.2, -0.15) is 0 Å². The molecule has 0 rings (SSSR count). The van der Waals surface area contributed by atoms with Crippen LogP contribution < -0.4 is 15.3 Å². The average Bonchev–Trinajstić information content (AvgIpc) is 2.48. The number of allylic oxidation sites excluding steroid dienone is 9. The van der Waals surface area contributed by atoms with Gasteiger partial charge in [-0.15, -0.1) is 0 Å². The zero-order chi connectivity index (χ0) is 19.2. The van der Waals surface area contributed by atoms with E-state index in [0.29, 0.717) is 0 Å². The normalized spacial score (nSPS) is 10.7. The fraction of sp³-hybridized carbons (Fsp3) is 0.167. The minimum atomic E-state index is -1.16. The first-order chi connectivity index (χ1) is 11.3. The minimum absolute atomic E-state index is 0. The molecule has 0 aromatic rings. The summed E-state index contributed by atoms with van der Waals surface area (Å²) in [5, 5.41) is 28.9. The number of carboxylic acid groups (broad SMARTS) is 3. The molecule has 0 radical (unpaired) electrons. The molecular formula is C18H21O6Y. The second kappa shape index (κ2) is 26.8. The van der Waals surface area contributed by atoms with Gasteiger partial charge in [-0.1, -0.05) is 54.7 Å². The largest absolute Gasteiger partial charge is 3.00 e. The van der Waals surface area contributed by atoms with Crippen LogP contribution in [0.3, 0.4) is 0 Å². The first kappa shape index (κ1) is 30.8. The number of carboxylic acids is 3. The first-order valence-corrected chi connectivity index (χ1v) is 6.82. The fourth-order valence-electron chi connectivity index (χ4n) is 0.736. The van der Waals surface area contributed by atoms with Gasteiger partial charge >= 0.3 is 32.7 Å². The molecule has 0 bridgehead atoms. The molecule has 0 saturated carbocycles. The molecule has 0 amide bonds. The molecule has 0 aromatic carbocycles. The maximum absolute atomic E-state index is 9.64. The molecule has 132 valence electrons. The quantitative estimate of drug-likeness (QED) is 0.425. The van der Waals surface area contributed by atoms with Crippen LogP contribution in [-0.2, 0) is 47.1 Å². The van der Waals surface area contributed by atoms with Gasteiger partial charge in [-0.25, -0.2) is 0 Å². The Hall–Kier alpha value is -2.05. The molecule has 0 fully saturated rings. The Bertz CT molecular complexity index is 450. The molecular weight excluding hydrogens is 401 g/mol. The van der Waals surface area contributed by atoms with Crippen molar-refractivity contribution in [3.05, 3.63) is 72.9 Å². The van der Waals surface area contributed by atoms with Gasteiger partial charge in [-0.3, -0.25) is 0 Å². The topological polar surface area (TPSA) is 120 Å². The van der Waals surface area contributed by atoms with Crippen molar-refractivity contribution in [2.45, 2.75) is 20.8 Å². The third kappa shape index (κ3) is 52.1. The van der Waals surface area contributed by atoms with Crippen molar-refractivity contribution in [1.82, 2.24) is 0 Å². The van der Waals surface area contributed by atoms with E-state index in [9.17, 15) is 29.7 Å². The molecule has 0 aliphatic carbocycles. The van der Waals surface area contributed by atoms with Crippen LogP contribution in [0.5, 0.6) is 0 Å². The molecule has 6 nitrogen and oxygen atoms in total. The second-order valence-corrected chi connectivity index (χ2v) is 3.61. The van der Waals surface area contributed by atoms with Crippen molar-refractivity contribution in [3.8, 4) is 0 Å². The van der Waals surface area contributed by atoms with E-state index in [4.69, 9.17) is 0 Å². The Morgan fingerprint density at radius 3 is 0.840 bits per heavy atom. The predicted molar refractivity (Wildman–Crippen MR) is 86.9 cm³/mol. The Morgan fingerprint density at radius 2 is 0.720 bits per heavy atom. The SMILES string of the molecule is C/C=C/C=C/C(=O)[O-].C/C=C/C=C/C(=O)[O-].C/C=C/C=C/C(=O)[O-].[Y+3]. The van der Waals surface area contributed by atoms with Gasteiger partial charge < -0.3 is 29.7 Å². The van der Waals surface area contributed by atoms with Crippen LogP contribution in [0.25, 0.3) is 0 Å². The molecule has 25 heavy (non-hydrogen) atoms. The maximum atomic E-state index is 9.64. The van der Waals surface area contributed by atoms with Crippen molar-refractivity contribution in [2.24, 2.45) is 0 Å². The zero-order valence-electron chi connectivity index (χ0n) is 14.5. The summed E-state index contributed by atoms with van der Waals surface area (Å²) in [7, 11) is 0. The van der Waals surface area contributed by atoms with E-state index in [1.165, 1.54) is 18.2 Å². The standard InChI is InChI=1S/3C6H8O2.Y/c3*1-2-3-4-5-6(7)8;/h3*2-5H,1H3,(H,7,8);/q;;;+3/p-3/b3*3-2+,5-4+;. The average molecular weight is 422 g/mol. The number of rotatable bonds is 6. The van der Waals surface area contributed by atoms with Crippen molar-refractivity contribution >= 4 is 17.9 Å². The number of aliphatic carboxylic acids is 3. The summed E-state index contributed by atoms with van der Waals surface area (Å²) in [6.07, 6.45) is 17.2. The van der Waals surface area contributed by atoms with Gasteiger partial charge in [0.15, 0.2) is 0 Å².